The minimum atomic E-state index is -0.763. The Morgan fingerprint density at radius 3 is 0.852 bits per heavy atom. The van der Waals surface area contributed by atoms with Gasteiger partial charge in [0.2, 0.25) is 0 Å². The van der Waals surface area contributed by atoms with Crippen LogP contribution in [0.25, 0.3) is 0 Å². The molecule has 0 rings (SSSR count). The van der Waals surface area contributed by atoms with E-state index in [1.54, 1.807) is 0 Å². The molecule has 0 bridgehead atoms. The zero-order valence-corrected chi connectivity index (χ0v) is 42.0. The highest BCUT2D eigenvalue weighted by Crippen LogP contribution is 2.18. The number of unbranched alkanes of at least 4 members (excludes halogenated alkanes) is 30. The Morgan fingerprint density at radius 2 is 0.574 bits per heavy atom. The molecule has 61 heavy (non-hydrogen) atoms. The number of hydrogen-bond donors (Lipinski definition) is 0. The van der Waals surface area contributed by atoms with Crippen LogP contribution in [0.3, 0.4) is 0 Å². The Bertz CT molecular complexity index is 947. The van der Waals surface area contributed by atoms with Crippen LogP contribution in [0.2, 0.25) is 0 Å². The summed E-state index contributed by atoms with van der Waals surface area (Å²) in [7, 11) is 0. The molecular formula is C55H106O6. The molecule has 0 aromatic carbocycles. The van der Waals surface area contributed by atoms with Crippen molar-refractivity contribution < 1.29 is 28.6 Å². The summed E-state index contributed by atoms with van der Waals surface area (Å²) in [5.41, 5.74) is 0. The van der Waals surface area contributed by atoms with Crippen LogP contribution in [0.5, 0.6) is 0 Å². The lowest BCUT2D eigenvalue weighted by Gasteiger charge is -2.18. The second-order valence-electron chi connectivity index (χ2n) is 20.1. The van der Waals surface area contributed by atoms with Crippen molar-refractivity contribution in [3.63, 3.8) is 0 Å². The second kappa shape index (κ2) is 46.4. The molecule has 0 heterocycles. The summed E-state index contributed by atoms with van der Waals surface area (Å²) >= 11 is 0. The Hall–Kier alpha value is -1.59. The normalized spacial score (nSPS) is 12.6. The molecule has 6 nitrogen and oxygen atoms in total. The summed E-state index contributed by atoms with van der Waals surface area (Å²) in [6.45, 7) is 13.7. The minimum Gasteiger partial charge on any atom is -0.462 e. The van der Waals surface area contributed by atoms with E-state index >= 15 is 0 Å². The summed E-state index contributed by atoms with van der Waals surface area (Å²) in [6.07, 6.45) is 46.8. The predicted octanol–water partition coefficient (Wildman–Crippen LogP) is 17.6. The van der Waals surface area contributed by atoms with Crippen molar-refractivity contribution >= 4 is 17.9 Å². The van der Waals surface area contributed by atoms with Crippen molar-refractivity contribution in [1.29, 1.82) is 0 Å². The molecule has 0 aromatic rings. The van der Waals surface area contributed by atoms with Gasteiger partial charge in [0.25, 0.3) is 0 Å². The van der Waals surface area contributed by atoms with Gasteiger partial charge in [-0.15, -0.1) is 0 Å². The molecule has 0 amide bonds. The molecule has 0 aliphatic heterocycles. The Labute approximate surface area is 380 Å². The monoisotopic (exact) mass is 863 g/mol. The number of esters is 3. The first-order chi connectivity index (χ1) is 29.6. The highest BCUT2D eigenvalue weighted by molar-refractivity contribution is 5.71. The van der Waals surface area contributed by atoms with Gasteiger partial charge in [0.15, 0.2) is 6.10 Å². The molecule has 0 saturated carbocycles. The van der Waals surface area contributed by atoms with Gasteiger partial charge in [-0.3, -0.25) is 14.4 Å². The molecule has 0 aromatic heterocycles. The van der Waals surface area contributed by atoms with E-state index in [0.717, 1.165) is 75.5 Å². The van der Waals surface area contributed by atoms with E-state index in [4.69, 9.17) is 14.2 Å². The number of rotatable bonds is 48. The number of carbonyl (C=O) groups excluding carboxylic acids is 3. The Morgan fingerprint density at radius 1 is 0.328 bits per heavy atom. The summed E-state index contributed by atoms with van der Waals surface area (Å²) in [6, 6.07) is 0. The van der Waals surface area contributed by atoms with Crippen LogP contribution in [0.4, 0.5) is 0 Å². The third-order valence-electron chi connectivity index (χ3n) is 12.8. The highest BCUT2D eigenvalue weighted by atomic mass is 16.6. The molecule has 0 N–H and O–H groups in total. The maximum Gasteiger partial charge on any atom is 0.306 e. The largest absolute Gasteiger partial charge is 0.462 e. The van der Waals surface area contributed by atoms with E-state index in [-0.39, 0.29) is 31.1 Å². The van der Waals surface area contributed by atoms with E-state index in [9.17, 15) is 14.4 Å². The first-order valence-electron chi connectivity index (χ1n) is 27.1. The van der Waals surface area contributed by atoms with E-state index < -0.39 is 6.10 Å². The average Bonchev–Trinajstić information content (AvgIpc) is 3.23. The quantitative estimate of drug-likeness (QED) is 0.0344. The number of ether oxygens (including phenoxy) is 3. The average molecular weight is 863 g/mol. The predicted molar refractivity (Wildman–Crippen MR) is 261 cm³/mol. The zero-order chi connectivity index (χ0) is 44.9. The number of hydrogen-bond acceptors (Lipinski definition) is 6. The fourth-order valence-corrected chi connectivity index (χ4v) is 8.26. The van der Waals surface area contributed by atoms with Gasteiger partial charge >= 0.3 is 17.9 Å². The smallest absolute Gasteiger partial charge is 0.306 e. The molecule has 0 saturated heterocycles. The van der Waals surface area contributed by atoms with Crippen LogP contribution < -0.4 is 0 Å². The summed E-state index contributed by atoms with van der Waals surface area (Å²) in [4.78, 5) is 37.9. The van der Waals surface area contributed by atoms with E-state index in [2.05, 4.69) is 41.5 Å². The van der Waals surface area contributed by atoms with Crippen molar-refractivity contribution in [3.8, 4) is 0 Å². The Kier molecular flexibility index (Phi) is 45.2. The Balaban J connectivity index is 4.15. The van der Waals surface area contributed by atoms with E-state index in [1.807, 2.05) is 0 Å². The van der Waals surface area contributed by atoms with Crippen molar-refractivity contribution in [1.82, 2.24) is 0 Å². The van der Waals surface area contributed by atoms with Crippen molar-refractivity contribution in [3.05, 3.63) is 0 Å². The van der Waals surface area contributed by atoms with Gasteiger partial charge in [-0.05, 0) is 37.0 Å². The van der Waals surface area contributed by atoms with Gasteiger partial charge in [0.1, 0.15) is 13.2 Å². The van der Waals surface area contributed by atoms with Crippen LogP contribution in [-0.2, 0) is 28.6 Å². The third-order valence-corrected chi connectivity index (χ3v) is 12.8. The lowest BCUT2D eigenvalue weighted by Crippen LogP contribution is -2.30. The molecule has 2 atom stereocenters. The second-order valence-corrected chi connectivity index (χ2v) is 20.1. The summed E-state index contributed by atoms with van der Waals surface area (Å²) in [5, 5.41) is 0. The third kappa shape index (κ3) is 47.7. The minimum absolute atomic E-state index is 0.0656. The van der Waals surface area contributed by atoms with Crippen LogP contribution in [0.1, 0.15) is 298 Å². The van der Waals surface area contributed by atoms with Crippen LogP contribution in [-0.4, -0.2) is 37.2 Å². The maximum absolute atomic E-state index is 12.7. The van der Waals surface area contributed by atoms with Crippen molar-refractivity contribution in [2.75, 3.05) is 13.2 Å². The van der Waals surface area contributed by atoms with E-state index in [1.165, 1.54) is 180 Å². The van der Waals surface area contributed by atoms with Gasteiger partial charge < -0.3 is 14.2 Å². The summed E-state index contributed by atoms with van der Waals surface area (Å²) < 4.78 is 16.8. The van der Waals surface area contributed by atoms with Gasteiger partial charge in [0, 0.05) is 19.3 Å². The molecule has 0 aliphatic rings. The molecule has 362 valence electrons. The zero-order valence-electron chi connectivity index (χ0n) is 42.0. The first-order valence-corrected chi connectivity index (χ1v) is 27.1. The van der Waals surface area contributed by atoms with Gasteiger partial charge in [-0.1, -0.05) is 260 Å². The molecule has 6 heteroatoms. The topological polar surface area (TPSA) is 78.9 Å². The number of carbonyl (C=O) groups is 3. The molecule has 0 aliphatic carbocycles. The van der Waals surface area contributed by atoms with E-state index in [0.29, 0.717) is 19.3 Å². The lowest BCUT2D eigenvalue weighted by molar-refractivity contribution is -0.167. The fraction of sp³-hybridized carbons (Fsp3) is 0.945. The molecule has 0 spiro atoms. The molecule has 0 fully saturated rings. The summed E-state index contributed by atoms with van der Waals surface area (Å²) in [5.74, 6) is 1.62. The maximum atomic E-state index is 12.7. The lowest BCUT2D eigenvalue weighted by atomic mass is 9.99. The van der Waals surface area contributed by atoms with Gasteiger partial charge in [0.05, 0.1) is 0 Å². The fourth-order valence-electron chi connectivity index (χ4n) is 8.26. The first kappa shape index (κ1) is 59.4. The molecule has 1 unspecified atom stereocenters. The van der Waals surface area contributed by atoms with Gasteiger partial charge in [-0.2, -0.15) is 0 Å². The molecular weight excluding hydrogens is 757 g/mol. The van der Waals surface area contributed by atoms with Crippen molar-refractivity contribution in [2.45, 2.75) is 304 Å². The molecule has 0 radical (unpaired) electrons. The van der Waals surface area contributed by atoms with Crippen LogP contribution in [0, 0.1) is 17.8 Å². The SMILES string of the molecule is CCC(C)CCCCCCCCCCCCCCCCCCCCC(=O)OC[C@H](COC(=O)CCCCCCCCCCCC(C)C)OC(=O)CCCCCCCCC(C)C. The standard InChI is InChI=1S/C55H106O6/c1-7-51(6)43-37-31-24-20-16-14-12-10-8-9-11-13-15-17-21-25-32-38-44-53(56)59-47-52(61-55(58)46-40-34-28-27-30-36-42-50(4)5)48-60-54(57)45-39-33-26-22-18-19-23-29-35-41-49(2)3/h49-52H,7-48H2,1-6H3/t51?,52-/m1/s1. The highest BCUT2D eigenvalue weighted by Gasteiger charge is 2.19. The van der Waals surface area contributed by atoms with Gasteiger partial charge in [-0.25, -0.2) is 0 Å². The van der Waals surface area contributed by atoms with Crippen molar-refractivity contribution in [2.24, 2.45) is 17.8 Å². The van der Waals surface area contributed by atoms with Crippen LogP contribution >= 0.6 is 0 Å². The van der Waals surface area contributed by atoms with Crippen LogP contribution in [0.15, 0.2) is 0 Å².